The van der Waals surface area contributed by atoms with Gasteiger partial charge in [-0.3, -0.25) is 0 Å². The van der Waals surface area contributed by atoms with Gasteiger partial charge in [-0.1, -0.05) is 0 Å². The first kappa shape index (κ1) is 20.4. The van der Waals surface area contributed by atoms with Gasteiger partial charge in [-0.15, -0.1) is 0 Å². The van der Waals surface area contributed by atoms with E-state index in [9.17, 15) is 14.7 Å². The Bertz CT molecular complexity index is 820. The molecule has 1 unspecified atom stereocenters. The Hall–Kier alpha value is -2.38. The number of aliphatic hydroxyl groups excluding tert-OH is 1. The van der Waals surface area contributed by atoms with Crippen molar-refractivity contribution >= 4 is 38.1 Å². The molecule has 1 fully saturated rings. The molecule has 0 aromatic heterocycles. The first-order valence-electron chi connectivity index (χ1n) is 8.68. The van der Waals surface area contributed by atoms with Crippen molar-refractivity contribution in [1.29, 1.82) is 0 Å². The van der Waals surface area contributed by atoms with E-state index < -0.39 is 34.8 Å². The van der Waals surface area contributed by atoms with Crippen LogP contribution in [-0.2, 0) is 14.1 Å². The molecule has 4 atom stereocenters. The van der Waals surface area contributed by atoms with Gasteiger partial charge in [0.25, 0.3) is 0 Å². The molecule has 0 aliphatic carbocycles. The molecule has 0 saturated carbocycles. The number of hydrogen-bond acceptors (Lipinski definition) is 7. The molecular weight excluding hydrogens is 378 g/mol. The number of benzene rings is 2. The van der Waals surface area contributed by atoms with E-state index in [2.05, 4.69) is 7.37 Å². The van der Waals surface area contributed by atoms with Crippen LogP contribution in [0.4, 0.5) is 0 Å². The van der Waals surface area contributed by atoms with Crippen LogP contribution >= 0.6 is 11.8 Å². The fraction of sp³-hybridized carbons (Fsp3) is 0.263. The Labute approximate surface area is 168 Å². The molecule has 142 valence electrons. The average Bonchev–Trinajstić information content (AvgIpc) is 3.02. The van der Waals surface area contributed by atoms with Crippen molar-refractivity contribution in [2.45, 2.75) is 22.9 Å². The van der Waals surface area contributed by atoms with E-state index in [1.165, 1.54) is 7.00 Å². The van der Waals surface area contributed by atoms with Crippen LogP contribution in [-0.4, -0.2) is 60.9 Å². The number of esters is 2. The molecule has 1 heterocycles. The van der Waals surface area contributed by atoms with Crippen molar-refractivity contribution in [1.82, 2.24) is 0 Å². The zero-order valence-corrected chi connectivity index (χ0v) is 15.8. The monoisotopic (exact) mass is 396 g/mol. The summed E-state index contributed by atoms with van der Waals surface area (Å²) in [6, 6.07) is 17.1. The van der Waals surface area contributed by atoms with Crippen molar-refractivity contribution in [2.24, 2.45) is 0 Å². The molecule has 0 amide bonds. The van der Waals surface area contributed by atoms with Gasteiger partial charge in [-0.25, -0.2) is 0 Å². The molecule has 3 rings (SSSR count). The van der Waals surface area contributed by atoms with Gasteiger partial charge in [-0.05, 0) is 0 Å². The fourth-order valence-corrected chi connectivity index (χ4v) is 4.07. The summed E-state index contributed by atoms with van der Waals surface area (Å²) in [6.45, 7) is -0.00660. The minimum atomic E-state index is -1.02. The first-order valence-corrected chi connectivity index (χ1v) is 9.62. The first-order chi connectivity index (χ1) is 13.6. The molecule has 9 heteroatoms. The number of carbonyl (C=O) groups excluding carboxylic acids is 2. The zero-order chi connectivity index (χ0) is 19.9. The quantitative estimate of drug-likeness (QED) is 0.559. The molecule has 1 aliphatic rings. The van der Waals surface area contributed by atoms with Gasteiger partial charge in [0.1, 0.15) is 0 Å². The predicted octanol–water partition coefficient (Wildman–Crippen LogP) is 1.32. The summed E-state index contributed by atoms with van der Waals surface area (Å²) in [4.78, 5) is 24.5. The Morgan fingerprint density at radius 1 is 0.964 bits per heavy atom. The molecule has 0 spiro atoms. The second kappa shape index (κ2) is 9.71. The third-order valence-electron chi connectivity index (χ3n) is 4.18. The van der Waals surface area contributed by atoms with Gasteiger partial charge in [0, 0.05) is 0 Å². The van der Waals surface area contributed by atoms with E-state index in [4.69, 9.17) is 14.1 Å². The van der Waals surface area contributed by atoms with Crippen LogP contribution in [0, 0.1) is 0 Å². The summed E-state index contributed by atoms with van der Waals surface area (Å²) in [5, 5.41) is 9.94. The zero-order valence-electron chi connectivity index (χ0n) is 15.0. The van der Waals surface area contributed by atoms with Crippen LogP contribution < -0.4 is 0 Å². The van der Waals surface area contributed by atoms with Crippen LogP contribution in [0.5, 0.6) is 0 Å². The Balaban J connectivity index is 1.65. The normalized spacial score (nSPS) is 23.4. The molecule has 2 aromatic carbocycles. The SMILES string of the molecule is B=BO[C@@H]1[C@@H](COC(=O)c2ccccc2)SC(O)[C@@H]1OC(=O)c1ccccc1. The summed E-state index contributed by atoms with van der Waals surface area (Å²) >= 11 is 1.12. The van der Waals surface area contributed by atoms with Crippen LogP contribution in [0.15, 0.2) is 60.7 Å². The third-order valence-corrected chi connectivity index (χ3v) is 5.48. The van der Waals surface area contributed by atoms with Crippen LogP contribution in [0.3, 0.4) is 0 Å². The average molecular weight is 396 g/mol. The van der Waals surface area contributed by atoms with Crippen LogP contribution in [0.25, 0.3) is 0 Å². The molecule has 6 nitrogen and oxygen atoms in total. The number of carbonyl (C=O) groups is 2. The summed E-state index contributed by atoms with van der Waals surface area (Å²) in [6.07, 6.45) is -1.62. The van der Waals surface area contributed by atoms with Gasteiger partial charge in [0.2, 0.25) is 0 Å². The fourth-order valence-electron chi connectivity index (χ4n) is 2.82. The molecule has 28 heavy (non-hydrogen) atoms. The van der Waals surface area contributed by atoms with E-state index in [0.29, 0.717) is 11.1 Å². The summed E-state index contributed by atoms with van der Waals surface area (Å²) in [5.74, 6) is -1.04. The Morgan fingerprint density at radius 2 is 1.54 bits per heavy atom. The number of ether oxygens (including phenoxy) is 2. The Morgan fingerprint density at radius 3 is 2.11 bits per heavy atom. The van der Waals surface area contributed by atoms with E-state index >= 15 is 0 Å². The van der Waals surface area contributed by atoms with Crippen molar-refractivity contribution in [3.8, 4) is 0 Å². The summed E-state index contributed by atoms with van der Waals surface area (Å²) in [7, 11) is 4.76. The Kier molecular flexibility index (Phi) is 7.06. The van der Waals surface area contributed by atoms with Crippen molar-refractivity contribution in [2.75, 3.05) is 6.61 Å². The molecule has 1 N–H and O–H groups in total. The van der Waals surface area contributed by atoms with Crippen molar-refractivity contribution in [3.05, 3.63) is 71.8 Å². The molecule has 1 saturated heterocycles. The number of thioether (sulfide) groups is 1. The predicted molar refractivity (Wildman–Crippen MR) is 108 cm³/mol. The number of aliphatic hydroxyl groups is 1. The van der Waals surface area contributed by atoms with Crippen LogP contribution in [0.2, 0.25) is 0 Å². The van der Waals surface area contributed by atoms with E-state index in [1.807, 2.05) is 0 Å². The molecular formula is C19H18B2O6S. The van der Waals surface area contributed by atoms with Gasteiger partial charge in [0.05, 0.1) is 0 Å². The van der Waals surface area contributed by atoms with E-state index in [0.717, 1.165) is 11.8 Å². The molecule has 1 aliphatic heterocycles. The van der Waals surface area contributed by atoms with Gasteiger partial charge in [0.15, 0.2) is 0 Å². The minimum absolute atomic E-state index is 0.00660. The second-order valence-corrected chi connectivity index (χ2v) is 7.39. The maximum absolute atomic E-state index is 12.3. The number of hydrogen-bond donors (Lipinski definition) is 1. The van der Waals surface area contributed by atoms with Crippen LogP contribution in [0.1, 0.15) is 20.7 Å². The molecule has 0 radical (unpaired) electrons. The van der Waals surface area contributed by atoms with Gasteiger partial charge >= 0.3 is 168 Å². The van der Waals surface area contributed by atoms with Gasteiger partial charge < -0.3 is 0 Å². The van der Waals surface area contributed by atoms with E-state index in [1.54, 1.807) is 60.7 Å². The third kappa shape index (κ3) is 4.91. The standard InChI is InChI=1S/C19H18B2O6S/c20-21-27-15-14(11-25-17(22)12-7-3-1-4-8-12)28-19(24)16(15)26-18(23)13-9-5-2-6-10-13/h1-10,14-16,19-20,24H,11H2/t14-,15-,16-,19?/m1/s1. The van der Waals surface area contributed by atoms with Crippen molar-refractivity contribution < 1.29 is 28.8 Å². The summed E-state index contributed by atoms with van der Waals surface area (Å²) < 4.78 is 16.3. The number of rotatable bonds is 7. The molecule has 0 bridgehead atoms. The second-order valence-electron chi connectivity index (χ2n) is 6.03. The van der Waals surface area contributed by atoms with E-state index in [-0.39, 0.29) is 6.61 Å². The topological polar surface area (TPSA) is 82.1 Å². The maximum atomic E-state index is 12.3. The molecule has 2 aromatic rings. The summed E-state index contributed by atoms with van der Waals surface area (Å²) in [5.41, 5.74) is -0.215. The van der Waals surface area contributed by atoms with Crippen molar-refractivity contribution in [3.63, 3.8) is 0 Å². The van der Waals surface area contributed by atoms with Gasteiger partial charge in [-0.2, -0.15) is 0 Å².